The van der Waals surface area contributed by atoms with E-state index in [0.717, 1.165) is 49.8 Å². The summed E-state index contributed by atoms with van der Waals surface area (Å²) in [6.07, 6.45) is 0.585. The van der Waals surface area contributed by atoms with E-state index in [1.165, 1.54) is 11.8 Å². The third-order valence-electron chi connectivity index (χ3n) is 6.13. The highest BCUT2D eigenvalue weighted by molar-refractivity contribution is 5.58. The van der Waals surface area contributed by atoms with Gasteiger partial charge in [-0.2, -0.15) is 8.78 Å². The molecule has 2 aliphatic rings. The smallest absolute Gasteiger partial charge is 0.314 e. The van der Waals surface area contributed by atoms with Gasteiger partial charge in [0, 0.05) is 36.8 Å². The first kappa shape index (κ1) is 21.0. The van der Waals surface area contributed by atoms with Gasteiger partial charge < -0.3 is 9.15 Å². The largest absolute Gasteiger partial charge is 0.415 e. The lowest BCUT2D eigenvalue weighted by atomic mass is 9.78. The average Bonchev–Trinajstić information content (AvgIpc) is 3.46. The summed E-state index contributed by atoms with van der Waals surface area (Å²) < 4.78 is 37.3. The van der Waals surface area contributed by atoms with Crippen molar-refractivity contribution in [3.63, 3.8) is 0 Å². The lowest BCUT2D eigenvalue weighted by Gasteiger charge is -2.55. The Bertz CT molecular complexity index is 1290. The molecule has 0 aliphatic carbocycles. The van der Waals surface area contributed by atoms with Crippen molar-refractivity contribution in [2.45, 2.75) is 19.5 Å². The third-order valence-corrected chi connectivity index (χ3v) is 6.13. The van der Waals surface area contributed by atoms with Gasteiger partial charge in [0.1, 0.15) is 5.69 Å². The van der Waals surface area contributed by atoms with Crippen molar-refractivity contribution in [1.82, 2.24) is 35.1 Å². The molecule has 5 heterocycles. The second-order valence-corrected chi connectivity index (χ2v) is 8.92. The molecule has 0 saturated carbocycles. The second-order valence-electron chi connectivity index (χ2n) is 8.92. The Hall–Kier alpha value is -3.57. The Morgan fingerprint density at radius 2 is 1.88 bits per heavy atom. The normalized spacial score (nSPS) is 17.1. The number of benzene rings is 1. The summed E-state index contributed by atoms with van der Waals surface area (Å²) in [4.78, 5) is 6.80. The highest BCUT2D eigenvalue weighted by atomic mass is 19.3. The first-order valence-corrected chi connectivity index (χ1v) is 10.9. The standard InChI is InChI=1S/C23H21F2N7O2/c24-20(25)22-29-28-21(34-22)17-4-5-18(26-7-17)9-32-10-19(27-30-32)16-3-1-2-15(6-16)8-31-11-23(12-31)13-33-14-23/h1-7,10,20H,8-9,11-14H2. The van der Waals surface area contributed by atoms with Crippen LogP contribution < -0.4 is 0 Å². The number of pyridine rings is 1. The molecule has 0 N–H and O–H groups in total. The Labute approximate surface area is 193 Å². The molecule has 2 fully saturated rings. The lowest BCUT2D eigenvalue weighted by Crippen LogP contribution is -2.65. The molecular weight excluding hydrogens is 444 g/mol. The van der Waals surface area contributed by atoms with E-state index >= 15 is 0 Å². The SMILES string of the molecule is FC(F)c1nnc(-c2ccc(Cn3cc(-c4cccc(CN5CC6(COC6)C5)c4)nn3)nc2)o1. The molecule has 174 valence electrons. The molecule has 6 rings (SSSR count). The predicted molar refractivity (Wildman–Crippen MR) is 116 cm³/mol. The molecular formula is C23H21F2N7O2. The molecule has 3 aromatic heterocycles. The highest BCUT2D eigenvalue weighted by Crippen LogP contribution is 2.38. The van der Waals surface area contributed by atoms with Gasteiger partial charge in [0.15, 0.2) is 0 Å². The van der Waals surface area contributed by atoms with Crippen molar-refractivity contribution >= 4 is 0 Å². The fourth-order valence-corrected chi connectivity index (χ4v) is 4.43. The Morgan fingerprint density at radius 1 is 1.00 bits per heavy atom. The number of ether oxygens (including phenoxy) is 1. The van der Waals surface area contributed by atoms with Gasteiger partial charge in [0.2, 0.25) is 5.89 Å². The van der Waals surface area contributed by atoms with Crippen molar-refractivity contribution in [3.05, 3.63) is 65.9 Å². The van der Waals surface area contributed by atoms with Gasteiger partial charge in [-0.1, -0.05) is 23.4 Å². The summed E-state index contributed by atoms with van der Waals surface area (Å²) in [6, 6.07) is 11.8. The summed E-state index contributed by atoms with van der Waals surface area (Å²) in [6.45, 7) is 5.30. The molecule has 34 heavy (non-hydrogen) atoms. The summed E-state index contributed by atoms with van der Waals surface area (Å²) in [7, 11) is 0. The molecule has 9 nitrogen and oxygen atoms in total. The van der Waals surface area contributed by atoms with Crippen molar-refractivity contribution in [1.29, 1.82) is 0 Å². The Balaban J connectivity index is 1.10. The number of alkyl halides is 2. The van der Waals surface area contributed by atoms with Crippen LogP contribution in [-0.4, -0.2) is 61.4 Å². The number of halogens is 2. The number of hydrogen-bond acceptors (Lipinski definition) is 8. The fraction of sp³-hybridized carbons (Fsp3) is 0.348. The topological polar surface area (TPSA) is 95.0 Å². The van der Waals surface area contributed by atoms with E-state index in [9.17, 15) is 8.78 Å². The van der Waals surface area contributed by atoms with E-state index < -0.39 is 12.3 Å². The Kier molecular flexibility index (Phi) is 5.15. The molecule has 1 aromatic carbocycles. The molecule has 4 aromatic rings. The maximum absolute atomic E-state index is 12.6. The van der Waals surface area contributed by atoms with Crippen LogP contribution in [0.3, 0.4) is 0 Å². The maximum Gasteiger partial charge on any atom is 0.314 e. The molecule has 0 bridgehead atoms. The van der Waals surface area contributed by atoms with Crippen LogP contribution in [0, 0.1) is 5.41 Å². The van der Waals surface area contributed by atoms with E-state index in [0.29, 0.717) is 17.5 Å². The first-order chi connectivity index (χ1) is 16.6. The minimum absolute atomic E-state index is 0.00619. The van der Waals surface area contributed by atoms with Crippen LogP contribution in [0.5, 0.6) is 0 Å². The van der Waals surface area contributed by atoms with Crippen molar-refractivity contribution in [2.75, 3.05) is 26.3 Å². The highest BCUT2D eigenvalue weighted by Gasteiger charge is 2.48. The zero-order chi connectivity index (χ0) is 23.1. The number of rotatable bonds is 7. The van der Waals surface area contributed by atoms with Gasteiger partial charge in [0.25, 0.3) is 5.89 Å². The summed E-state index contributed by atoms with van der Waals surface area (Å²) in [5.41, 5.74) is 4.66. The maximum atomic E-state index is 12.6. The Morgan fingerprint density at radius 3 is 2.59 bits per heavy atom. The second kappa shape index (κ2) is 8.33. The van der Waals surface area contributed by atoms with Crippen molar-refractivity contribution in [3.8, 4) is 22.7 Å². The molecule has 2 saturated heterocycles. The van der Waals surface area contributed by atoms with Crippen LogP contribution in [0.25, 0.3) is 22.7 Å². The summed E-state index contributed by atoms with van der Waals surface area (Å²) >= 11 is 0. The van der Waals surface area contributed by atoms with Crippen molar-refractivity contribution in [2.24, 2.45) is 5.41 Å². The third kappa shape index (κ3) is 4.08. The minimum Gasteiger partial charge on any atom is -0.415 e. The van der Waals surface area contributed by atoms with Gasteiger partial charge in [0.05, 0.1) is 37.2 Å². The quantitative estimate of drug-likeness (QED) is 0.411. The zero-order valence-electron chi connectivity index (χ0n) is 18.1. The predicted octanol–water partition coefficient (Wildman–Crippen LogP) is 3.21. The number of hydrogen-bond donors (Lipinski definition) is 0. The molecule has 0 radical (unpaired) electrons. The van der Waals surface area contributed by atoms with E-state index in [1.807, 2.05) is 18.3 Å². The average molecular weight is 465 g/mol. The van der Waals surface area contributed by atoms with Gasteiger partial charge in [-0.25, -0.2) is 4.68 Å². The number of aromatic nitrogens is 6. The van der Waals surface area contributed by atoms with Crippen LogP contribution in [0.1, 0.15) is 23.6 Å². The molecule has 11 heteroatoms. The zero-order valence-corrected chi connectivity index (χ0v) is 18.1. The molecule has 1 spiro atoms. The van der Waals surface area contributed by atoms with Crippen LogP contribution in [-0.2, 0) is 17.8 Å². The van der Waals surface area contributed by atoms with E-state index in [2.05, 4.69) is 42.5 Å². The number of nitrogens with zero attached hydrogens (tertiary/aromatic N) is 7. The van der Waals surface area contributed by atoms with Crippen molar-refractivity contribution < 1.29 is 17.9 Å². The van der Waals surface area contributed by atoms with Crippen LogP contribution in [0.4, 0.5) is 8.78 Å². The monoisotopic (exact) mass is 465 g/mol. The number of likely N-dealkylation sites (tertiary alicyclic amines) is 1. The van der Waals surface area contributed by atoms with Crippen LogP contribution in [0.15, 0.2) is 53.2 Å². The summed E-state index contributed by atoms with van der Waals surface area (Å²) in [5.74, 6) is -0.702. The first-order valence-electron chi connectivity index (χ1n) is 10.9. The molecule has 2 aliphatic heterocycles. The molecule has 0 atom stereocenters. The van der Waals surface area contributed by atoms with E-state index in [1.54, 1.807) is 16.8 Å². The molecule has 0 amide bonds. The van der Waals surface area contributed by atoms with E-state index in [-0.39, 0.29) is 5.89 Å². The van der Waals surface area contributed by atoms with Gasteiger partial charge in [-0.05, 0) is 23.8 Å². The fourth-order valence-electron chi connectivity index (χ4n) is 4.43. The van der Waals surface area contributed by atoms with Crippen LogP contribution in [0.2, 0.25) is 0 Å². The van der Waals surface area contributed by atoms with Gasteiger partial charge in [-0.15, -0.1) is 15.3 Å². The van der Waals surface area contributed by atoms with Gasteiger partial charge >= 0.3 is 6.43 Å². The molecule has 0 unspecified atom stereocenters. The summed E-state index contributed by atoms with van der Waals surface area (Å²) in [5, 5.41) is 15.5. The lowest BCUT2D eigenvalue weighted by molar-refractivity contribution is -0.191. The van der Waals surface area contributed by atoms with Gasteiger partial charge in [-0.3, -0.25) is 9.88 Å². The minimum atomic E-state index is -2.80. The van der Waals surface area contributed by atoms with E-state index in [4.69, 9.17) is 9.15 Å². The van der Waals surface area contributed by atoms with Crippen LogP contribution >= 0.6 is 0 Å².